The molecule has 0 unspecified atom stereocenters. The number of nitrogens with zero attached hydrogens (tertiary/aromatic N) is 1. The van der Waals surface area contributed by atoms with Crippen LogP contribution in [-0.4, -0.2) is 11.4 Å². The second kappa shape index (κ2) is 3.38. The summed E-state index contributed by atoms with van der Waals surface area (Å²) in [5, 5.41) is 0. The molecule has 0 aromatic heterocycles. The van der Waals surface area contributed by atoms with Gasteiger partial charge < -0.3 is 5.73 Å². The van der Waals surface area contributed by atoms with E-state index in [4.69, 9.17) is 5.73 Å². The van der Waals surface area contributed by atoms with E-state index in [-0.39, 0.29) is 0 Å². The van der Waals surface area contributed by atoms with E-state index in [1.54, 1.807) is 0 Å². The molecule has 1 aromatic rings. The van der Waals surface area contributed by atoms with Crippen LogP contribution in [0.5, 0.6) is 0 Å². The first-order valence-corrected chi connectivity index (χ1v) is 4.90. The zero-order valence-electron chi connectivity index (χ0n) is 8.09. The normalized spacial score (nSPS) is 16.1. The summed E-state index contributed by atoms with van der Waals surface area (Å²) in [5.41, 5.74) is 9.61. The predicted octanol–water partition coefficient (Wildman–Crippen LogP) is 1.99. The van der Waals surface area contributed by atoms with Crippen LogP contribution in [-0.2, 0) is 13.1 Å². The summed E-state index contributed by atoms with van der Waals surface area (Å²) >= 11 is 0. The van der Waals surface area contributed by atoms with Crippen molar-refractivity contribution in [3.63, 3.8) is 0 Å². The summed E-state index contributed by atoms with van der Waals surface area (Å²) in [6, 6.07) is 6.22. The molecule has 1 heterocycles. The minimum absolute atomic E-state index is 0.955. The Morgan fingerprint density at radius 1 is 1.38 bits per heavy atom. The maximum Gasteiger partial charge on any atom is 0.0363 e. The summed E-state index contributed by atoms with van der Waals surface area (Å²) < 4.78 is 0. The lowest BCUT2D eigenvalue weighted by Gasteiger charge is -2.12. The number of nitrogen functional groups attached to an aromatic ring is 1. The van der Waals surface area contributed by atoms with E-state index in [2.05, 4.69) is 17.9 Å². The minimum Gasteiger partial charge on any atom is -0.398 e. The maximum atomic E-state index is 5.90. The Morgan fingerprint density at radius 3 is 2.92 bits per heavy atom. The van der Waals surface area contributed by atoms with E-state index < -0.39 is 0 Å². The van der Waals surface area contributed by atoms with Crippen molar-refractivity contribution in [2.75, 3.05) is 12.3 Å². The molecular formula is C11H16N2. The highest BCUT2D eigenvalue weighted by atomic mass is 15.1. The van der Waals surface area contributed by atoms with Crippen LogP contribution in [0.1, 0.15) is 24.5 Å². The van der Waals surface area contributed by atoms with Crippen molar-refractivity contribution in [1.29, 1.82) is 0 Å². The van der Waals surface area contributed by atoms with Crippen molar-refractivity contribution in [3.8, 4) is 0 Å². The van der Waals surface area contributed by atoms with Gasteiger partial charge in [0.15, 0.2) is 0 Å². The number of nitrogens with two attached hydrogens (primary N) is 1. The average Bonchev–Trinajstić information content (AvgIpc) is 2.49. The molecule has 1 aromatic carbocycles. The molecule has 0 atom stereocenters. The first-order valence-electron chi connectivity index (χ1n) is 4.90. The van der Waals surface area contributed by atoms with Gasteiger partial charge in [-0.3, -0.25) is 4.90 Å². The first-order chi connectivity index (χ1) is 6.31. The fraction of sp³-hybridized carbons (Fsp3) is 0.455. The van der Waals surface area contributed by atoms with Gasteiger partial charge in [-0.25, -0.2) is 0 Å². The van der Waals surface area contributed by atoms with Gasteiger partial charge in [0, 0.05) is 18.8 Å². The summed E-state index contributed by atoms with van der Waals surface area (Å²) in [7, 11) is 0. The Bertz CT molecular complexity index is 307. The van der Waals surface area contributed by atoms with Crippen LogP contribution in [0.2, 0.25) is 0 Å². The molecule has 2 heteroatoms. The average molecular weight is 176 g/mol. The SMILES string of the molecule is CCCN1Cc2cccc(N)c2C1. The summed E-state index contributed by atoms with van der Waals surface area (Å²) in [6.45, 7) is 5.50. The van der Waals surface area contributed by atoms with Crippen LogP contribution in [0.3, 0.4) is 0 Å². The van der Waals surface area contributed by atoms with Crippen LogP contribution in [0, 0.1) is 0 Å². The smallest absolute Gasteiger partial charge is 0.0363 e. The topological polar surface area (TPSA) is 29.3 Å². The van der Waals surface area contributed by atoms with Crippen LogP contribution in [0.4, 0.5) is 5.69 Å². The molecule has 70 valence electrons. The fourth-order valence-corrected chi connectivity index (χ4v) is 1.99. The van der Waals surface area contributed by atoms with Crippen molar-refractivity contribution in [2.24, 2.45) is 0 Å². The zero-order chi connectivity index (χ0) is 9.26. The van der Waals surface area contributed by atoms with Crippen LogP contribution in [0.25, 0.3) is 0 Å². The van der Waals surface area contributed by atoms with Crippen LogP contribution >= 0.6 is 0 Å². The van der Waals surface area contributed by atoms with Gasteiger partial charge in [0.2, 0.25) is 0 Å². The molecule has 0 aliphatic carbocycles. The second-order valence-electron chi connectivity index (χ2n) is 3.70. The molecule has 2 N–H and O–H groups in total. The Morgan fingerprint density at radius 2 is 2.23 bits per heavy atom. The van der Waals surface area contributed by atoms with E-state index >= 15 is 0 Å². The Hall–Kier alpha value is -1.02. The summed E-state index contributed by atoms with van der Waals surface area (Å²) in [6.07, 6.45) is 1.22. The lowest BCUT2D eigenvalue weighted by atomic mass is 10.1. The predicted molar refractivity (Wildman–Crippen MR) is 55.3 cm³/mol. The van der Waals surface area contributed by atoms with E-state index in [0.717, 1.165) is 18.8 Å². The van der Waals surface area contributed by atoms with E-state index in [1.807, 2.05) is 12.1 Å². The number of hydrogen-bond donors (Lipinski definition) is 1. The highest BCUT2D eigenvalue weighted by Gasteiger charge is 2.19. The Balaban J connectivity index is 2.20. The van der Waals surface area contributed by atoms with Gasteiger partial charge in [-0.2, -0.15) is 0 Å². The molecule has 0 amide bonds. The molecule has 13 heavy (non-hydrogen) atoms. The highest BCUT2D eigenvalue weighted by molar-refractivity contribution is 5.52. The van der Waals surface area contributed by atoms with Gasteiger partial charge in [0.05, 0.1) is 0 Å². The third-order valence-corrected chi connectivity index (χ3v) is 2.62. The van der Waals surface area contributed by atoms with Gasteiger partial charge in [0.1, 0.15) is 0 Å². The third kappa shape index (κ3) is 1.54. The van der Waals surface area contributed by atoms with E-state index in [9.17, 15) is 0 Å². The highest BCUT2D eigenvalue weighted by Crippen LogP contribution is 2.27. The summed E-state index contributed by atoms with van der Waals surface area (Å²) in [4.78, 5) is 2.45. The molecule has 0 spiro atoms. The van der Waals surface area contributed by atoms with Gasteiger partial charge in [-0.05, 0) is 30.2 Å². The first kappa shape index (κ1) is 8.57. The Kier molecular flexibility index (Phi) is 2.23. The number of fused-ring (bicyclic) bond motifs is 1. The molecule has 0 saturated carbocycles. The minimum atomic E-state index is 0.955. The van der Waals surface area contributed by atoms with Crippen molar-refractivity contribution < 1.29 is 0 Å². The second-order valence-corrected chi connectivity index (χ2v) is 3.70. The number of benzene rings is 1. The zero-order valence-corrected chi connectivity index (χ0v) is 8.09. The monoisotopic (exact) mass is 176 g/mol. The summed E-state index contributed by atoms with van der Waals surface area (Å²) in [5.74, 6) is 0. The quantitative estimate of drug-likeness (QED) is 0.698. The van der Waals surface area contributed by atoms with Gasteiger partial charge >= 0.3 is 0 Å². The number of rotatable bonds is 2. The molecule has 0 saturated heterocycles. The molecule has 1 aliphatic rings. The molecule has 0 bridgehead atoms. The Labute approximate surface area is 79.4 Å². The third-order valence-electron chi connectivity index (χ3n) is 2.62. The molecule has 0 radical (unpaired) electrons. The lowest BCUT2D eigenvalue weighted by Crippen LogP contribution is -2.16. The number of anilines is 1. The van der Waals surface area contributed by atoms with Crippen molar-refractivity contribution in [3.05, 3.63) is 29.3 Å². The van der Waals surface area contributed by atoms with Crippen LogP contribution < -0.4 is 5.73 Å². The molecule has 2 rings (SSSR count). The standard InChI is InChI=1S/C11H16N2/c1-2-6-13-7-9-4-3-5-11(12)10(9)8-13/h3-5H,2,6-8,12H2,1H3. The van der Waals surface area contributed by atoms with Crippen LogP contribution in [0.15, 0.2) is 18.2 Å². The molecule has 0 fully saturated rings. The van der Waals surface area contributed by atoms with E-state index in [0.29, 0.717) is 0 Å². The van der Waals surface area contributed by atoms with Gasteiger partial charge in [0.25, 0.3) is 0 Å². The van der Waals surface area contributed by atoms with Gasteiger partial charge in [-0.1, -0.05) is 19.1 Å². The van der Waals surface area contributed by atoms with Gasteiger partial charge in [-0.15, -0.1) is 0 Å². The van der Waals surface area contributed by atoms with Crippen molar-refractivity contribution in [2.45, 2.75) is 26.4 Å². The lowest BCUT2D eigenvalue weighted by molar-refractivity contribution is 0.285. The van der Waals surface area contributed by atoms with Crippen molar-refractivity contribution >= 4 is 5.69 Å². The fourth-order valence-electron chi connectivity index (χ4n) is 1.99. The number of hydrogen-bond acceptors (Lipinski definition) is 2. The molecular weight excluding hydrogens is 160 g/mol. The van der Waals surface area contributed by atoms with E-state index in [1.165, 1.54) is 24.1 Å². The van der Waals surface area contributed by atoms with Crippen molar-refractivity contribution in [1.82, 2.24) is 4.90 Å². The largest absolute Gasteiger partial charge is 0.398 e. The maximum absolute atomic E-state index is 5.90. The molecule has 2 nitrogen and oxygen atoms in total. The molecule has 1 aliphatic heterocycles.